The molecule has 1 aromatic carbocycles. The summed E-state index contributed by atoms with van der Waals surface area (Å²) in [6.45, 7) is 0.517. The lowest BCUT2D eigenvalue weighted by molar-refractivity contribution is 0.220. The van der Waals surface area contributed by atoms with Crippen LogP contribution in [0.15, 0.2) is 48.8 Å². The van der Waals surface area contributed by atoms with E-state index >= 15 is 0 Å². The molecule has 2 amide bonds. The van der Waals surface area contributed by atoms with Crippen LogP contribution in [-0.4, -0.2) is 30.1 Å². The van der Waals surface area contributed by atoms with E-state index in [9.17, 15) is 4.79 Å². The van der Waals surface area contributed by atoms with Crippen molar-refractivity contribution in [2.24, 2.45) is 0 Å². The zero-order valence-corrected chi connectivity index (χ0v) is 11.5. The highest BCUT2D eigenvalue weighted by Gasteiger charge is 2.11. The van der Waals surface area contributed by atoms with Gasteiger partial charge < -0.3 is 15.0 Å². The Balaban J connectivity index is 2.01. The Kier molecular flexibility index (Phi) is 4.55. The summed E-state index contributed by atoms with van der Waals surface area (Å²) in [5.74, 6) is 0.637. The van der Waals surface area contributed by atoms with Gasteiger partial charge in [-0.05, 0) is 29.8 Å². The molecule has 0 atom stereocenters. The zero-order chi connectivity index (χ0) is 14.4. The van der Waals surface area contributed by atoms with Gasteiger partial charge in [0.1, 0.15) is 5.75 Å². The van der Waals surface area contributed by atoms with E-state index in [1.54, 1.807) is 43.6 Å². The third-order valence-corrected chi connectivity index (χ3v) is 2.86. The summed E-state index contributed by atoms with van der Waals surface area (Å²) in [4.78, 5) is 17.7. The quantitative estimate of drug-likeness (QED) is 0.930. The first kappa shape index (κ1) is 13.9. The molecule has 1 aromatic heterocycles. The molecule has 5 heteroatoms. The van der Waals surface area contributed by atoms with Crippen LogP contribution in [0.1, 0.15) is 5.56 Å². The number of carbonyl (C=O) groups excluding carboxylic acids is 1. The van der Waals surface area contributed by atoms with Crippen molar-refractivity contribution in [3.8, 4) is 5.75 Å². The first-order chi connectivity index (χ1) is 9.70. The standard InChI is InChI=1S/C15H17N3O2/c1-18(11-12-7-9-16-10-8-12)15(19)17-13-5-3-4-6-14(13)20-2/h3-10H,11H2,1-2H3,(H,17,19). The Hall–Kier alpha value is -2.56. The van der Waals surface area contributed by atoms with Gasteiger partial charge in [0.15, 0.2) is 0 Å². The second kappa shape index (κ2) is 6.56. The number of aromatic nitrogens is 1. The highest BCUT2D eigenvalue weighted by atomic mass is 16.5. The minimum atomic E-state index is -0.189. The Bertz CT molecular complexity index is 572. The molecular weight excluding hydrogens is 254 g/mol. The van der Waals surface area contributed by atoms with Crippen molar-refractivity contribution in [3.05, 3.63) is 54.4 Å². The second-order valence-electron chi connectivity index (χ2n) is 4.34. The Morgan fingerprint density at radius 3 is 2.65 bits per heavy atom. The maximum atomic E-state index is 12.1. The number of benzene rings is 1. The summed E-state index contributed by atoms with van der Waals surface area (Å²) in [5, 5.41) is 2.83. The molecule has 0 fully saturated rings. The summed E-state index contributed by atoms with van der Waals surface area (Å²) >= 11 is 0. The summed E-state index contributed by atoms with van der Waals surface area (Å²) in [6, 6.07) is 10.9. The number of nitrogens with one attached hydrogen (secondary N) is 1. The number of amides is 2. The number of hydrogen-bond acceptors (Lipinski definition) is 3. The average molecular weight is 271 g/mol. The van der Waals surface area contributed by atoms with Crippen molar-refractivity contribution >= 4 is 11.7 Å². The Labute approximate surface area is 118 Å². The molecule has 2 rings (SSSR count). The van der Waals surface area contributed by atoms with E-state index in [1.165, 1.54) is 0 Å². The van der Waals surface area contributed by atoms with Gasteiger partial charge in [-0.25, -0.2) is 4.79 Å². The Morgan fingerprint density at radius 1 is 1.25 bits per heavy atom. The normalized spacial score (nSPS) is 9.90. The van der Waals surface area contributed by atoms with Gasteiger partial charge in [0.05, 0.1) is 12.8 Å². The minimum absolute atomic E-state index is 0.189. The molecule has 0 spiro atoms. The predicted octanol–water partition coefficient (Wildman–Crippen LogP) is 2.75. The van der Waals surface area contributed by atoms with E-state index in [4.69, 9.17) is 4.74 Å². The summed E-state index contributed by atoms with van der Waals surface area (Å²) in [5.41, 5.74) is 1.68. The molecule has 0 aliphatic rings. The average Bonchev–Trinajstić information content (AvgIpc) is 2.48. The number of urea groups is 1. The molecule has 0 unspecified atom stereocenters. The van der Waals surface area contributed by atoms with Crippen LogP contribution in [0.5, 0.6) is 5.75 Å². The third kappa shape index (κ3) is 3.47. The minimum Gasteiger partial charge on any atom is -0.495 e. The smallest absolute Gasteiger partial charge is 0.321 e. The monoisotopic (exact) mass is 271 g/mol. The van der Waals surface area contributed by atoms with Crippen LogP contribution < -0.4 is 10.1 Å². The van der Waals surface area contributed by atoms with Crippen molar-refractivity contribution in [3.63, 3.8) is 0 Å². The lowest BCUT2D eigenvalue weighted by atomic mass is 10.2. The van der Waals surface area contributed by atoms with E-state index in [2.05, 4.69) is 10.3 Å². The van der Waals surface area contributed by atoms with Gasteiger partial charge in [-0.3, -0.25) is 4.98 Å². The Morgan fingerprint density at radius 2 is 1.95 bits per heavy atom. The molecule has 0 saturated heterocycles. The zero-order valence-electron chi connectivity index (χ0n) is 11.5. The molecule has 1 heterocycles. The number of anilines is 1. The van der Waals surface area contributed by atoms with Gasteiger partial charge in [-0.2, -0.15) is 0 Å². The highest BCUT2D eigenvalue weighted by molar-refractivity contribution is 5.90. The fourth-order valence-corrected chi connectivity index (χ4v) is 1.79. The van der Waals surface area contributed by atoms with Crippen LogP contribution in [0.3, 0.4) is 0 Å². The van der Waals surface area contributed by atoms with Gasteiger partial charge in [0.25, 0.3) is 0 Å². The second-order valence-corrected chi connectivity index (χ2v) is 4.34. The number of ether oxygens (including phenoxy) is 1. The van der Waals surface area contributed by atoms with Crippen LogP contribution >= 0.6 is 0 Å². The molecule has 5 nitrogen and oxygen atoms in total. The van der Waals surface area contributed by atoms with Crippen molar-refractivity contribution in [2.75, 3.05) is 19.5 Å². The number of methoxy groups -OCH3 is 1. The van der Waals surface area contributed by atoms with Crippen LogP contribution in [0.4, 0.5) is 10.5 Å². The molecule has 2 aromatic rings. The van der Waals surface area contributed by atoms with E-state index in [0.29, 0.717) is 18.0 Å². The summed E-state index contributed by atoms with van der Waals surface area (Å²) in [6.07, 6.45) is 3.42. The number of carbonyl (C=O) groups is 1. The van der Waals surface area contributed by atoms with Crippen molar-refractivity contribution in [1.29, 1.82) is 0 Å². The molecule has 20 heavy (non-hydrogen) atoms. The fraction of sp³-hybridized carbons (Fsp3) is 0.200. The van der Waals surface area contributed by atoms with Gasteiger partial charge in [0, 0.05) is 26.0 Å². The van der Waals surface area contributed by atoms with E-state index in [0.717, 1.165) is 5.56 Å². The van der Waals surface area contributed by atoms with Crippen molar-refractivity contribution in [1.82, 2.24) is 9.88 Å². The molecule has 1 N–H and O–H groups in total. The molecular formula is C15H17N3O2. The number of pyridine rings is 1. The lowest BCUT2D eigenvalue weighted by Gasteiger charge is -2.19. The van der Waals surface area contributed by atoms with E-state index in [1.807, 2.05) is 24.3 Å². The number of nitrogens with zero attached hydrogens (tertiary/aromatic N) is 2. The van der Waals surface area contributed by atoms with Gasteiger partial charge in [-0.1, -0.05) is 12.1 Å². The summed E-state index contributed by atoms with van der Waals surface area (Å²) in [7, 11) is 3.32. The van der Waals surface area contributed by atoms with E-state index < -0.39 is 0 Å². The van der Waals surface area contributed by atoms with Crippen LogP contribution in [-0.2, 0) is 6.54 Å². The largest absolute Gasteiger partial charge is 0.495 e. The van der Waals surface area contributed by atoms with Crippen LogP contribution in [0.25, 0.3) is 0 Å². The summed E-state index contributed by atoms with van der Waals surface area (Å²) < 4.78 is 5.20. The van der Waals surface area contributed by atoms with Crippen molar-refractivity contribution < 1.29 is 9.53 Å². The topological polar surface area (TPSA) is 54.5 Å². The first-order valence-electron chi connectivity index (χ1n) is 6.24. The van der Waals surface area contributed by atoms with Crippen molar-refractivity contribution in [2.45, 2.75) is 6.54 Å². The molecule has 0 saturated carbocycles. The highest BCUT2D eigenvalue weighted by Crippen LogP contribution is 2.23. The maximum Gasteiger partial charge on any atom is 0.321 e. The van der Waals surface area contributed by atoms with Gasteiger partial charge in [0.2, 0.25) is 0 Å². The fourth-order valence-electron chi connectivity index (χ4n) is 1.79. The van der Waals surface area contributed by atoms with Crippen LogP contribution in [0.2, 0.25) is 0 Å². The first-order valence-corrected chi connectivity index (χ1v) is 6.24. The molecule has 0 bridgehead atoms. The number of para-hydroxylation sites is 2. The molecule has 0 aliphatic heterocycles. The third-order valence-electron chi connectivity index (χ3n) is 2.86. The van der Waals surface area contributed by atoms with Gasteiger partial charge in [-0.15, -0.1) is 0 Å². The van der Waals surface area contributed by atoms with Gasteiger partial charge >= 0.3 is 6.03 Å². The molecule has 0 aliphatic carbocycles. The van der Waals surface area contributed by atoms with Crippen LogP contribution in [0, 0.1) is 0 Å². The molecule has 104 valence electrons. The maximum absolute atomic E-state index is 12.1. The predicted molar refractivity (Wildman–Crippen MR) is 77.7 cm³/mol. The SMILES string of the molecule is COc1ccccc1NC(=O)N(C)Cc1ccncc1. The number of hydrogen-bond donors (Lipinski definition) is 1. The van der Waals surface area contributed by atoms with E-state index in [-0.39, 0.29) is 6.03 Å². The molecule has 0 radical (unpaired) electrons. The lowest BCUT2D eigenvalue weighted by Crippen LogP contribution is -2.30. The number of rotatable bonds is 4.